The molecule has 2 amide bonds. The lowest BCUT2D eigenvalue weighted by Crippen LogP contribution is -2.39. The van der Waals surface area contributed by atoms with Gasteiger partial charge in [-0.25, -0.2) is 4.79 Å². The van der Waals surface area contributed by atoms with Crippen LogP contribution in [0.5, 0.6) is 0 Å². The molecule has 2 aromatic rings. The van der Waals surface area contributed by atoms with Gasteiger partial charge >= 0.3 is 6.03 Å². The van der Waals surface area contributed by atoms with Crippen molar-refractivity contribution in [3.8, 4) is 0 Å². The molecule has 0 bridgehead atoms. The van der Waals surface area contributed by atoms with Crippen molar-refractivity contribution in [2.24, 2.45) is 0 Å². The molecule has 0 atom stereocenters. The van der Waals surface area contributed by atoms with Gasteiger partial charge in [0.05, 0.1) is 0 Å². The summed E-state index contributed by atoms with van der Waals surface area (Å²) in [5, 5.41) is 3.01. The van der Waals surface area contributed by atoms with Crippen molar-refractivity contribution < 1.29 is 4.79 Å². The second kappa shape index (κ2) is 6.91. The zero-order chi connectivity index (χ0) is 17.1. The average molecular weight is 324 g/mol. The first-order valence-electron chi connectivity index (χ1n) is 8.32. The Morgan fingerprint density at radius 3 is 2.83 bits per heavy atom. The van der Waals surface area contributed by atoms with Crippen LogP contribution < -0.4 is 15.1 Å². The van der Waals surface area contributed by atoms with Gasteiger partial charge in [-0.05, 0) is 55.2 Å². The predicted octanol–water partition coefficient (Wildman–Crippen LogP) is 2.77. The molecule has 0 saturated carbocycles. The van der Waals surface area contributed by atoms with Crippen LogP contribution in [-0.4, -0.2) is 38.2 Å². The number of rotatable bonds is 4. The van der Waals surface area contributed by atoms with Crippen LogP contribution >= 0.6 is 0 Å². The van der Waals surface area contributed by atoms with Crippen LogP contribution in [0.25, 0.3) is 0 Å². The Balaban J connectivity index is 1.58. The van der Waals surface area contributed by atoms with E-state index in [0.717, 1.165) is 36.3 Å². The van der Waals surface area contributed by atoms with Crippen molar-refractivity contribution in [2.45, 2.75) is 19.8 Å². The third-order valence-electron chi connectivity index (χ3n) is 4.38. The monoisotopic (exact) mass is 324 g/mol. The maximum atomic E-state index is 12.5. The molecule has 2 heterocycles. The van der Waals surface area contributed by atoms with Gasteiger partial charge in [-0.15, -0.1) is 0 Å². The van der Waals surface area contributed by atoms with Gasteiger partial charge in [-0.2, -0.15) is 0 Å². The van der Waals surface area contributed by atoms with Crippen molar-refractivity contribution in [2.75, 3.05) is 37.0 Å². The highest BCUT2D eigenvalue weighted by Gasteiger charge is 2.24. The number of urea groups is 1. The lowest BCUT2D eigenvalue weighted by molar-refractivity contribution is 0.247. The summed E-state index contributed by atoms with van der Waals surface area (Å²) >= 11 is 0. The summed E-state index contributed by atoms with van der Waals surface area (Å²) in [6.07, 6.45) is 3.57. The molecule has 0 radical (unpaired) electrons. The topological polar surface area (TPSA) is 48.5 Å². The van der Waals surface area contributed by atoms with Crippen LogP contribution in [0.2, 0.25) is 0 Å². The molecule has 3 rings (SSSR count). The minimum atomic E-state index is -0.0218. The molecule has 5 heteroatoms. The van der Waals surface area contributed by atoms with Gasteiger partial charge in [-0.1, -0.05) is 6.07 Å². The van der Waals surface area contributed by atoms with Crippen molar-refractivity contribution in [3.05, 3.63) is 53.3 Å². The van der Waals surface area contributed by atoms with Crippen LogP contribution in [0.4, 0.5) is 16.2 Å². The number of hydrogen-bond acceptors (Lipinski definition) is 3. The summed E-state index contributed by atoms with van der Waals surface area (Å²) < 4.78 is 0. The van der Waals surface area contributed by atoms with E-state index in [2.05, 4.69) is 33.4 Å². The van der Waals surface area contributed by atoms with E-state index in [0.29, 0.717) is 6.54 Å². The molecule has 0 spiro atoms. The van der Waals surface area contributed by atoms with Crippen molar-refractivity contribution >= 4 is 17.4 Å². The van der Waals surface area contributed by atoms with Crippen molar-refractivity contribution in [1.29, 1.82) is 0 Å². The number of benzene rings is 1. The molecule has 0 fully saturated rings. The second-order valence-electron chi connectivity index (χ2n) is 6.40. The van der Waals surface area contributed by atoms with Gasteiger partial charge in [-0.3, -0.25) is 9.88 Å². The Morgan fingerprint density at radius 1 is 1.29 bits per heavy atom. The highest BCUT2D eigenvalue weighted by molar-refractivity contribution is 5.94. The van der Waals surface area contributed by atoms with E-state index < -0.39 is 0 Å². The first-order valence-corrected chi connectivity index (χ1v) is 8.32. The van der Waals surface area contributed by atoms with E-state index in [1.807, 2.05) is 44.2 Å². The normalized spacial score (nSPS) is 12.9. The number of amides is 2. The number of carbonyl (C=O) groups is 1. The van der Waals surface area contributed by atoms with E-state index in [9.17, 15) is 4.79 Å². The summed E-state index contributed by atoms with van der Waals surface area (Å²) in [4.78, 5) is 20.7. The number of carbonyl (C=O) groups excluding carboxylic acids is 1. The van der Waals surface area contributed by atoms with Gasteiger partial charge in [0.1, 0.15) is 0 Å². The van der Waals surface area contributed by atoms with Gasteiger partial charge in [0.2, 0.25) is 0 Å². The molecular formula is C19H24N4O. The minimum Gasteiger partial charge on any atom is -0.378 e. The van der Waals surface area contributed by atoms with E-state index in [1.54, 1.807) is 0 Å². The van der Waals surface area contributed by atoms with Crippen LogP contribution in [0.3, 0.4) is 0 Å². The van der Waals surface area contributed by atoms with Crippen LogP contribution in [0.1, 0.15) is 16.8 Å². The molecule has 0 saturated heterocycles. The fraction of sp³-hybridized carbons (Fsp3) is 0.368. The second-order valence-corrected chi connectivity index (χ2v) is 6.40. The third-order valence-corrected chi connectivity index (χ3v) is 4.38. The Morgan fingerprint density at radius 2 is 2.12 bits per heavy atom. The smallest absolute Gasteiger partial charge is 0.321 e. The molecule has 1 aliphatic heterocycles. The Bertz CT molecular complexity index is 725. The van der Waals surface area contributed by atoms with Crippen LogP contribution in [0.15, 0.2) is 36.5 Å². The van der Waals surface area contributed by atoms with Gasteiger partial charge < -0.3 is 10.2 Å². The first-order chi connectivity index (χ1) is 11.5. The predicted molar refractivity (Wildman–Crippen MR) is 97.9 cm³/mol. The van der Waals surface area contributed by atoms with E-state index in [1.165, 1.54) is 11.3 Å². The Labute approximate surface area is 143 Å². The van der Waals surface area contributed by atoms with Crippen LogP contribution in [-0.2, 0) is 12.8 Å². The maximum Gasteiger partial charge on any atom is 0.321 e. The summed E-state index contributed by atoms with van der Waals surface area (Å²) in [6.45, 7) is 3.33. The molecule has 1 aromatic heterocycles. The standard InChI is InChI=1S/C19H24N4O/c1-14-4-5-15(13-21-14)8-10-20-19(24)23-11-9-16-12-17(22(2)3)6-7-18(16)23/h4-7,12-13H,8-11H2,1-3H3,(H,20,24). The average Bonchev–Trinajstić information content (AvgIpc) is 2.99. The minimum absolute atomic E-state index is 0.0218. The summed E-state index contributed by atoms with van der Waals surface area (Å²) in [5.74, 6) is 0. The molecule has 24 heavy (non-hydrogen) atoms. The SMILES string of the molecule is Cc1ccc(CCNC(=O)N2CCc3cc(N(C)C)ccc32)cn1. The fourth-order valence-electron chi connectivity index (χ4n) is 2.93. The van der Waals surface area contributed by atoms with Gasteiger partial charge in [0, 0.05) is 50.5 Å². The van der Waals surface area contributed by atoms with Gasteiger partial charge in [0.25, 0.3) is 0 Å². The number of anilines is 2. The largest absolute Gasteiger partial charge is 0.378 e. The Kier molecular flexibility index (Phi) is 4.69. The highest BCUT2D eigenvalue weighted by atomic mass is 16.2. The third kappa shape index (κ3) is 3.50. The van der Waals surface area contributed by atoms with Crippen molar-refractivity contribution in [3.63, 3.8) is 0 Å². The molecule has 1 aromatic carbocycles. The molecule has 1 aliphatic rings. The number of fused-ring (bicyclic) bond motifs is 1. The van der Waals surface area contributed by atoms with E-state index >= 15 is 0 Å². The number of pyridine rings is 1. The molecule has 0 aliphatic carbocycles. The molecular weight excluding hydrogens is 300 g/mol. The van der Waals surface area contributed by atoms with Crippen molar-refractivity contribution in [1.82, 2.24) is 10.3 Å². The zero-order valence-electron chi connectivity index (χ0n) is 14.5. The lowest BCUT2D eigenvalue weighted by Gasteiger charge is -2.19. The number of aryl methyl sites for hydroxylation is 1. The summed E-state index contributed by atoms with van der Waals surface area (Å²) in [6, 6.07) is 10.3. The molecule has 126 valence electrons. The summed E-state index contributed by atoms with van der Waals surface area (Å²) in [5.41, 5.74) is 5.57. The number of hydrogen-bond donors (Lipinski definition) is 1. The summed E-state index contributed by atoms with van der Waals surface area (Å²) in [7, 11) is 4.06. The molecule has 5 nitrogen and oxygen atoms in total. The highest BCUT2D eigenvalue weighted by Crippen LogP contribution is 2.31. The maximum absolute atomic E-state index is 12.5. The molecule has 1 N–H and O–H groups in total. The number of nitrogens with zero attached hydrogens (tertiary/aromatic N) is 3. The fourth-order valence-corrected chi connectivity index (χ4v) is 2.93. The quantitative estimate of drug-likeness (QED) is 0.941. The number of nitrogens with one attached hydrogen (secondary N) is 1. The van der Waals surface area contributed by atoms with E-state index in [4.69, 9.17) is 0 Å². The van der Waals surface area contributed by atoms with Crippen LogP contribution in [0, 0.1) is 6.92 Å². The van der Waals surface area contributed by atoms with E-state index in [-0.39, 0.29) is 6.03 Å². The zero-order valence-corrected chi connectivity index (χ0v) is 14.5. The first kappa shape index (κ1) is 16.3. The Hall–Kier alpha value is -2.56. The lowest BCUT2D eigenvalue weighted by atomic mass is 10.1. The number of aromatic nitrogens is 1. The molecule has 0 unspecified atom stereocenters. The van der Waals surface area contributed by atoms with Gasteiger partial charge in [0.15, 0.2) is 0 Å².